The minimum Gasteiger partial charge on any atom is -0.292 e. The van der Waals surface area contributed by atoms with Crippen LogP contribution in [0, 0.1) is 0 Å². The number of Topliss-reactive ketones (excluding diaryl/α,β-unsaturated/α-hetero) is 1. The summed E-state index contributed by atoms with van der Waals surface area (Å²) in [4.78, 5) is 11.4. The fourth-order valence-electron chi connectivity index (χ4n) is 1.73. The van der Waals surface area contributed by atoms with Gasteiger partial charge in [-0.1, -0.05) is 6.07 Å². The van der Waals surface area contributed by atoms with E-state index in [0.717, 1.165) is 19.3 Å². The Labute approximate surface area is 71.8 Å². The van der Waals surface area contributed by atoms with Gasteiger partial charge in [0.15, 0.2) is 12.4 Å². The number of hydrogen-bond donors (Lipinski definition) is 0. The number of carbonyl (C=O) groups excluding carboxylic acids is 1. The van der Waals surface area contributed by atoms with Crippen molar-refractivity contribution in [1.82, 2.24) is 0 Å². The highest BCUT2D eigenvalue weighted by molar-refractivity contribution is 5.82. The Hall–Kier alpha value is -1.18. The first kappa shape index (κ1) is 7.47. The van der Waals surface area contributed by atoms with Crippen LogP contribution in [0.4, 0.5) is 0 Å². The zero-order valence-corrected chi connectivity index (χ0v) is 6.94. The highest BCUT2D eigenvalue weighted by Crippen LogP contribution is 2.20. The van der Waals surface area contributed by atoms with Gasteiger partial charge >= 0.3 is 0 Å². The summed E-state index contributed by atoms with van der Waals surface area (Å²) in [6.07, 6.45) is 6.74. The Bertz CT molecular complexity index is 281. The molecule has 1 aliphatic rings. The normalized spacial score (nSPS) is 23.0. The molecule has 1 aromatic heterocycles. The van der Waals surface area contributed by atoms with Crippen LogP contribution in [-0.2, 0) is 4.79 Å². The van der Waals surface area contributed by atoms with Crippen LogP contribution in [0.3, 0.4) is 0 Å². The van der Waals surface area contributed by atoms with E-state index in [1.165, 1.54) is 0 Å². The number of aromatic nitrogens is 1. The van der Waals surface area contributed by atoms with Gasteiger partial charge in [0, 0.05) is 25.0 Å². The van der Waals surface area contributed by atoms with Crippen molar-refractivity contribution in [2.24, 2.45) is 0 Å². The summed E-state index contributed by atoms with van der Waals surface area (Å²) in [6, 6.07) is 6.01. The molecule has 1 aromatic rings. The zero-order valence-electron chi connectivity index (χ0n) is 6.94. The van der Waals surface area contributed by atoms with Crippen LogP contribution in [0.1, 0.15) is 25.3 Å². The summed E-state index contributed by atoms with van der Waals surface area (Å²) in [5, 5.41) is 0. The maximum absolute atomic E-state index is 11.4. The average molecular weight is 162 g/mol. The third kappa shape index (κ3) is 1.24. The van der Waals surface area contributed by atoms with Gasteiger partial charge in [-0.2, -0.15) is 4.57 Å². The molecule has 1 fully saturated rings. The number of rotatable bonds is 1. The molecule has 0 unspecified atom stereocenters. The van der Waals surface area contributed by atoms with Crippen molar-refractivity contribution >= 4 is 5.78 Å². The molecule has 0 spiro atoms. The molecule has 1 saturated carbocycles. The maximum atomic E-state index is 11.4. The molecular formula is C10H12NO+. The third-order valence-corrected chi connectivity index (χ3v) is 2.37. The molecule has 0 bridgehead atoms. The molecule has 0 saturated heterocycles. The highest BCUT2D eigenvalue weighted by Gasteiger charge is 2.31. The maximum Gasteiger partial charge on any atom is 0.216 e. The van der Waals surface area contributed by atoms with E-state index in [0.29, 0.717) is 5.78 Å². The molecule has 0 N–H and O–H groups in total. The fourth-order valence-corrected chi connectivity index (χ4v) is 1.73. The number of carbonyl (C=O) groups is 1. The van der Waals surface area contributed by atoms with Crippen LogP contribution in [0.5, 0.6) is 0 Å². The molecule has 0 radical (unpaired) electrons. The van der Waals surface area contributed by atoms with Gasteiger partial charge in [0.25, 0.3) is 0 Å². The van der Waals surface area contributed by atoms with Crippen molar-refractivity contribution in [3.05, 3.63) is 30.6 Å². The molecule has 12 heavy (non-hydrogen) atoms. The molecule has 0 aliphatic heterocycles. The van der Waals surface area contributed by atoms with Crippen LogP contribution < -0.4 is 4.57 Å². The van der Waals surface area contributed by atoms with Crippen molar-refractivity contribution in [2.75, 3.05) is 0 Å². The predicted molar refractivity (Wildman–Crippen MR) is 44.5 cm³/mol. The van der Waals surface area contributed by atoms with Crippen LogP contribution >= 0.6 is 0 Å². The van der Waals surface area contributed by atoms with E-state index < -0.39 is 0 Å². The summed E-state index contributed by atoms with van der Waals surface area (Å²) in [7, 11) is 0. The standard InChI is InChI=1S/C10H12NO/c12-10-6-4-5-9(10)11-7-2-1-3-8-11/h1-3,7-9H,4-6H2/q+1/t9-/m0/s1. The van der Waals surface area contributed by atoms with Gasteiger partial charge in [-0.25, -0.2) is 0 Å². The van der Waals surface area contributed by atoms with E-state index in [9.17, 15) is 4.79 Å². The Kier molecular flexibility index (Phi) is 1.90. The largest absolute Gasteiger partial charge is 0.292 e. The van der Waals surface area contributed by atoms with Gasteiger partial charge in [-0.05, 0) is 6.42 Å². The molecule has 2 nitrogen and oxygen atoms in total. The third-order valence-electron chi connectivity index (χ3n) is 2.37. The molecule has 0 amide bonds. The lowest BCUT2D eigenvalue weighted by Crippen LogP contribution is -2.40. The lowest BCUT2D eigenvalue weighted by molar-refractivity contribution is -0.708. The number of pyridine rings is 1. The topological polar surface area (TPSA) is 20.9 Å². The molecular weight excluding hydrogens is 150 g/mol. The monoisotopic (exact) mass is 162 g/mol. The fraction of sp³-hybridized carbons (Fsp3) is 0.400. The molecule has 2 heteroatoms. The number of hydrogen-bond acceptors (Lipinski definition) is 1. The van der Waals surface area contributed by atoms with Crippen LogP contribution in [0.25, 0.3) is 0 Å². The van der Waals surface area contributed by atoms with Crippen LogP contribution in [0.15, 0.2) is 30.6 Å². The lowest BCUT2D eigenvalue weighted by atomic mass is 10.2. The minimum absolute atomic E-state index is 0.117. The van der Waals surface area contributed by atoms with Crippen molar-refractivity contribution in [1.29, 1.82) is 0 Å². The summed E-state index contributed by atoms with van der Waals surface area (Å²) >= 11 is 0. The van der Waals surface area contributed by atoms with Crippen LogP contribution in [0.2, 0.25) is 0 Å². The number of ketones is 1. The SMILES string of the molecule is O=C1CCC[C@@H]1[n+]1ccccc1. The lowest BCUT2D eigenvalue weighted by Gasteiger charge is -2.00. The van der Waals surface area contributed by atoms with Gasteiger partial charge < -0.3 is 0 Å². The quantitative estimate of drug-likeness (QED) is 0.570. The Morgan fingerprint density at radius 3 is 2.58 bits per heavy atom. The summed E-state index contributed by atoms with van der Waals surface area (Å²) in [5.41, 5.74) is 0. The zero-order chi connectivity index (χ0) is 8.39. The molecule has 1 aliphatic carbocycles. The van der Waals surface area contributed by atoms with Crippen molar-refractivity contribution in [2.45, 2.75) is 25.3 Å². The van der Waals surface area contributed by atoms with Crippen molar-refractivity contribution in [3.8, 4) is 0 Å². The van der Waals surface area contributed by atoms with Gasteiger partial charge in [-0.3, -0.25) is 4.79 Å². The van der Waals surface area contributed by atoms with E-state index in [1.807, 2.05) is 35.2 Å². The first-order valence-corrected chi connectivity index (χ1v) is 4.36. The van der Waals surface area contributed by atoms with Crippen molar-refractivity contribution < 1.29 is 9.36 Å². The van der Waals surface area contributed by atoms with Crippen molar-refractivity contribution in [3.63, 3.8) is 0 Å². The van der Waals surface area contributed by atoms with E-state index in [4.69, 9.17) is 0 Å². The second-order valence-corrected chi connectivity index (χ2v) is 3.20. The smallest absolute Gasteiger partial charge is 0.216 e. The summed E-state index contributed by atoms with van der Waals surface area (Å²) in [6.45, 7) is 0. The Morgan fingerprint density at radius 2 is 2.00 bits per heavy atom. The second kappa shape index (κ2) is 3.05. The predicted octanol–water partition coefficient (Wildman–Crippen LogP) is 1.27. The van der Waals surface area contributed by atoms with Gasteiger partial charge in [0.2, 0.25) is 11.8 Å². The molecule has 1 heterocycles. The highest BCUT2D eigenvalue weighted by atomic mass is 16.1. The summed E-state index contributed by atoms with van der Waals surface area (Å²) < 4.78 is 2.01. The van der Waals surface area contributed by atoms with Gasteiger partial charge in [-0.15, -0.1) is 0 Å². The Morgan fingerprint density at radius 1 is 1.25 bits per heavy atom. The van der Waals surface area contributed by atoms with E-state index >= 15 is 0 Å². The van der Waals surface area contributed by atoms with E-state index in [-0.39, 0.29) is 6.04 Å². The van der Waals surface area contributed by atoms with Gasteiger partial charge in [0.1, 0.15) is 0 Å². The van der Waals surface area contributed by atoms with Crippen LogP contribution in [-0.4, -0.2) is 5.78 Å². The molecule has 0 aromatic carbocycles. The molecule has 2 rings (SSSR count). The van der Waals surface area contributed by atoms with E-state index in [1.54, 1.807) is 0 Å². The number of nitrogens with zero attached hydrogens (tertiary/aromatic N) is 1. The molecule has 62 valence electrons. The minimum atomic E-state index is 0.117. The second-order valence-electron chi connectivity index (χ2n) is 3.20. The Balaban J connectivity index is 2.25. The first-order valence-electron chi connectivity index (χ1n) is 4.36. The summed E-state index contributed by atoms with van der Waals surface area (Å²) in [5.74, 6) is 0.381. The molecule has 1 atom stereocenters. The average Bonchev–Trinajstić information content (AvgIpc) is 2.53. The first-order chi connectivity index (χ1) is 5.88. The van der Waals surface area contributed by atoms with E-state index in [2.05, 4.69) is 0 Å². The van der Waals surface area contributed by atoms with Gasteiger partial charge in [0.05, 0.1) is 0 Å².